The number of rotatable bonds is 3. The SMILES string of the molecule is Cc1sc(C(=O)NCC2CCCCC2O)cc1N. The topological polar surface area (TPSA) is 75.3 Å². The molecule has 1 fully saturated rings. The van der Waals surface area contributed by atoms with Crippen molar-refractivity contribution >= 4 is 22.9 Å². The summed E-state index contributed by atoms with van der Waals surface area (Å²) in [4.78, 5) is 13.5. The van der Waals surface area contributed by atoms with Crippen molar-refractivity contribution in [2.45, 2.75) is 38.7 Å². The van der Waals surface area contributed by atoms with Crippen LogP contribution in [0.25, 0.3) is 0 Å². The monoisotopic (exact) mass is 268 g/mol. The third kappa shape index (κ3) is 3.03. The van der Waals surface area contributed by atoms with E-state index in [9.17, 15) is 9.90 Å². The molecule has 1 saturated carbocycles. The predicted octanol–water partition coefficient (Wildman–Crippen LogP) is 1.92. The van der Waals surface area contributed by atoms with Gasteiger partial charge >= 0.3 is 0 Å². The average Bonchev–Trinajstić information content (AvgIpc) is 2.68. The van der Waals surface area contributed by atoms with Gasteiger partial charge in [0, 0.05) is 23.0 Å². The first kappa shape index (κ1) is 13.4. The Hall–Kier alpha value is -1.07. The number of nitrogen functional groups attached to an aromatic ring is 1. The number of anilines is 1. The molecule has 0 radical (unpaired) electrons. The van der Waals surface area contributed by atoms with Crippen LogP contribution in [-0.2, 0) is 0 Å². The lowest BCUT2D eigenvalue weighted by Gasteiger charge is -2.27. The Kier molecular flexibility index (Phi) is 4.24. The molecule has 1 aliphatic rings. The van der Waals surface area contributed by atoms with Crippen molar-refractivity contribution < 1.29 is 9.90 Å². The lowest BCUT2D eigenvalue weighted by molar-refractivity contribution is 0.0664. The molecule has 0 saturated heterocycles. The minimum Gasteiger partial charge on any atom is -0.398 e. The molecule has 18 heavy (non-hydrogen) atoms. The molecule has 0 aliphatic heterocycles. The zero-order chi connectivity index (χ0) is 13.1. The Morgan fingerprint density at radius 2 is 2.28 bits per heavy atom. The molecule has 2 unspecified atom stereocenters. The fraction of sp³-hybridized carbons (Fsp3) is 0.615. The summed E-state index contributed by atoms with van der Waals surface area (Å²) in [5, 5.41) is 12.7. The summed E-state index contributed by atoms with van der Waals surface area (Å²) in [6.07, 6.45) is 3.81. The first-order valence-electron chi connectivity index (χ1n) is 6.40. The molecule has 4 N–H and O–H groups in total. The van der Waals surface area contributed by atoms with E-state index in [0.717, 1.165) is 30.6 Å². The first-order chi connectivity index (χ1) is 8.58. The highest BCUT2D eigenvalue weighted by Gasteiger charge is 2.23. The fourth-order valence-electron chi connectivity index (χ4n) is 2.35. The van der Waals surface area contributed by atoms with E-state index in [0.29, 0.717) is 17.1 Å². The smallest absolute Gasteiger partial charge is 0.261 e. The van der Waals surface area contributed by atoms with Crippen LogP contribution in [0.3, 0.4) is 0 Å². The molecule has 4 nitrogen and oxygen atoms in total. The van der Waals surface area contributed by atoms with E-state index in [4.69, 9.17) is 5.73 Å². The van der Waals surface area contributed by atoms with Crippen molar-refractivity contribution in [3.05, 3.63) is 15.8 Å². The Balaban J connectivity index is 1.88. The van der Waals surface area contributed by atoms with Gasteiger partial charge in [-0.15, -0.1) is 11.3 Å². The average molecular weight is 268 g/mol. The highest BCUT2D eigenvalue weighted by atomic mass is 32.1. The van der Waals surface area contributed by atoms with Crippen LogP contribution in [0, 0.1) is 12.8 Å². The van der Waals surface area contributed by atoms with E-state index in [1.54, 1.807) is 6.07 Å². The maximum absolute atomic E-state index is 11.9. The second-order valence-corrected chi connectivity index (χ2v) is 6.20. The maximum Gasteiger partial charge on any atom is 0.261 e. The van der Waals surface area contributed by atoms with Crippen molar-refractivity contribution in [1.29, 1.82) is 0 Å². The third-order valence-electron chi connectivity index (χ3n) is 3.57. The number of nitrogens with two attached hydrogens (primary N) is 1. The van der Waals surface area contributed by atoms with E-state index in [2.05, 4.69) is 5.32 Å². The number of aryl methyl sites for hydroxylation is 1. The highest BCUT2D eigenvalue weighted by molar-refractivity contribution is 7.14. The summed E-state index contributed by atoms with van der Waals surface area (Å²) in [5.74, 6) is 0.110. The first-order valence-corrected chi connectivity index (χ1v) is 7.21. The van der Waals surface area contributed by atoms with Gasteiger partial charge in [-0.1, -0.05) is 12.8 Å². The Labute approximate surface area is 111 Å². The second-order valence-electron chi connectivity index (χ2n) is 4.94. The molecule has 0 aromatic carbocycles. The number of amides is 1. The van der Waals surface area contributed by atoms with E-state index in [1.165, 1.54) is 11.3 Å². The van der Waals surface area contributed by atoms with E-state index in [-0.39, 0.29) is 17.9 Å². The van der Waals surface area contributed by atoms with Gasteiger partial charge in [-0.25, -0.2) is 0 Å². The van der Waals surface area contributed by atoms with E-state index >= 15 is 0 Å². The Morgan fingerprint density at radius 1 is 1.56 bits per heavy atom. The lowest BCUT2D eigenvalue weighted by Crippen LogP contribution is -2.36. The van der Waals surface area contributed by atoms with Crippen LogP contribution in [-0.4, -0.2) is 23.7 Å². The fourth-order valence-corrected chi connectivity index (χ4v) is 3.20. The van der Waals surface area contributed by atoms with E-state index < -0.39 is 0 Å². The summed E-state index contributed by atoms with van der Waals surface area (Å²) in [5.41, 5.74) is 6.40. The van der Waals surface area contributed by atoms with Crippen LogP contribution >= 0.6 is 11.3 Å². The van der Waals surface area contributed by atoms with Gasteiger partial charge in [0.15, 0.2) is 0 Å². The number of aliphatic hydroxyl groups is 1. The highest BCUT2D eigenvalue weighted by Crippen LogP contribution is 2.25. The molecule has 2 atom stereocenters. The summed E-state index contributed by atoms with van der Waals surface area (Å²) >= 11 is 1.41. The summed E-state index contributed by atoms with van der Waals surface area (Å²) in [7, 11) is 0. The van der Waals surface area contributed by atoms with E-state index in [1.807, 2.05) is 6.92 Å². The number of aliphatic hydroxyl groups excluding tert-OH is 1. The minimum atomic E-state index is -0.269. The third-order valence-corrected chi connectivity index (χ3v) is 4.64. The molecule has 100 valence electrons. The van der Waals surface area contributed by atoms with Crippen LogP contribution in [0.4, 0.5) is 5.69 Å². The number of carbonyl (C=O) groups excluding carboxylic acids is 1. The maximum atomic E-state index is 11.9. The molecule has 1 aliphatic carbocycles. The quantitative estimate of drug-likeness (QED) is 0.784. The molecule has 1 aromatic heterocycles. The normalized spacial score (nSPS) is 23.9. The molecule has 0 spiro atoms. The second kappa shape index (κ2) is 5.71. The molecule has 0 bridgehead atoms. The van der Waals surface area contributed by atoms with Crippen LogP contribution in [0.5, 0.6) is 0 Å². The van der Waals surface area contributed by atoms with Crippen molar-refractivity contribution in [2.75, 3.05) is 12.3 Å². The molecular formula is C13H20N2O2S. The van der Waals surface area contributed by atoms with Crippen LogP contribution in [0.2, 0.25) is 0 Å². The number of nitrogens with one attached hydrogen (secondary N) is 1. The number of hydrogen-bond acceptors (Lipinski definition) is 4. The lowest BCUT2D eigenvalue weighted by atomic mass is 9.86. The van der Waals surface area contributed by atoms with Gasteiger partial charge in [-0.05, 0) is 25.8 Å². The van der Waals surface area contributed by atoms with Gasteiger partial charge in [0.25, 0.3) is 5.91 Å². The minimum absolute atomic E-state index is 0.0856. The number of thiophene rings is 1. The Morgan fingerprint density at radius 3 is 2.89 bits per heavy atom. The standard InChI is InChI=1S/C13H20N2O2S/c1-8-10(14)6-12(18-8)13(17)15-7-9-4-2-3-5-11(9)16/h6,9,11,16H,2-5,7,14H2,1H3,(H,15,17). The van der Waals surface area contributed by atoms with Gasteiger partial charge < -0.3 is 16.2 Å². The van der Waals surface area contributed by atoms with Crippen molar-refractivity contribution in [1.82, 2.24) is 5.32 Å². The predicted molar refractivity (Wildman–Crippen MR) is 73.8 cm³/mol. The molecule has 5 heteroatoms. The van der Waals surface area contributed by atoms with Gasteiger partial charge in [0.2, 0.25) is 0 Å². The van der Waals surface area contributed by atoms with Crippen LogP contribution in [0.15, 0.2) is 6.07 Å². The van der Waals surface area contributed by atoms with Crippen molar-refractivity contribution in [3.8, 4) is 0 Å². The molecule has 1 aromatic rings. The van der Waals surface area contributed by atoms with Crippen LogP contribution in [0.1, 0.15) is 40.2 Å². The zero-order valence-electron chi connectivity index (χ0n) is 10.6. The zero-order valence-corrected chi connectivity index (χ0v) is 11.4. The largest absolute Gasteiger partial charge is 0.398 e. The molecule has 1 amide bonds. The Bertz CT molecular complexity index is 411. The van der Waals surface area contributed by atoms with Crippen molar-refractivity contribution in [3.63, 3.8) is 0 Å². The van der Waals surface area contributed by atoms with Gasteiger partial charge in [-0.2, -0.15) is 0 Å². The summed E-state index contributed by atoms with van der Waals surface area (Å²) < 4.78 is 0. The van der Waals surface area contributed by atoms with Crippen molar-refractivity contribution in [2.24, 2.45) is 5.92 Å². The van der Waals surface area contributed by atoms with Gasteiger partial charge in [-0.3, -0.25) is 4.79 Å². The summed E-state index contributed by atoms with van der Waals surface area (Å²) in [6.45, 7) is 2.46. The molecular weight excluding hydrogens is 248 g/mol. The molecule has 2 rings (SSSR count). The number of hydrogen-bond donors (Lipinski definition) is 3. The van der Waals surface area contributed by atoms with Gasteiger partial charge in [0.1, 0.15) is 0 Å². The molecule has 1 heterocycles. The van der Waals surface area contributed by atoms with Gasteiger partial charge in [0.05, 0.1) is 11.0 Å². The number of carbonyl (C=O) groups is 1. The van der Waals surface area contributed by atoms with Crippen LogP contribution < -0.4 is 11.1 Å². The summed E-state index contributed by atoms with van der Waals surface area (Å²) in [6, 6.07) is 1.71.